The van der Waals surface area contributed by atoms with Crippen LogP contribution in [0, 0.1) is 0 Å². The number of methoxy groups -OCH3 is 2. The van der Waals surface area contributed by atoms with Gasteiger partial charge in [-0.15, -0.1) is 0 Å². The van der Waals surface area contributed by atoms with Crippen molar-refractivity contribution in [3.63, 3.8) is 0 Å². The fourth-order valence-electron chi connectivity index (χ4n) is 2.60. The smallest absolute Gasteiger partial charge is 0.274 e. The fraction of sp³-hybridized carbons (Fsp3) is 0.118. The summed E-state index contributed by atoms with van der Waals surface area (Å²) in [5, 5.41) is 0. The van der Waals surface area contributed by atoms with Gasteiger partial charge in [0.15, 0.2) is 16.5 Å². The van der Waals surface area contributed by atoms with Crippen molar-refractivity contribution in [3.8, 4) is 11.5 Å². The van der Waals surface area contributed by atoms with Crippen LogP contribution in [0.2, 0.25) is 0 Å². The van der Waals surface area contributed by atoms with E-state index in [1.54, 1.807) is 43.1 Å². The van der Waals surface area contributed by atoms with Crippen LogP contribution in [0.1, 0.15) is 5.56 Å². The quantitative estimate of drug-likeness (QED) is 0.570. The van der Waals surface area contributed by atoms with E-state index in [0.29, 0.717) is 32.0 Å². The van der Waals surface area contributed by atoms with Crippen LogP contribution < -0.4 is 19.6 Å². The predicted octanol–water partition coefficient (Wildman–Crippen LogP) is 1.87. The topological polar surface area (TPSA) is 65.7 Å². The summed E-state index contributed by atoms with van der Waals surface area (Å²) in [5.41, 5.74) is 2.18. The number of ether oxygens (including phenoxy) is 2. The monoisotopic (exact) mass is 339 g/mol. The minimum absolute atomic E-state index is 0.103. The Kier molecular flexibility index (Phi) is 3.42. The molecule has 0 N–H and O–H groups in total. The van der Waals surface area contributed by atoms with Gasteiger partial charge in [0, 0.05) is 24.5 Å². The molecule has 0 aliphatic rings. The molecular weight excluding hydrogens is 326 g/mol. The molecule has 0 fully saturated rings. The van der Waals surface area contributed by atoms with Gasteiger partial charge in [0.25, 0.3) is 5.56 Å². The summed E-state index contributed by atoms with van der Waals surface area (Å²) in [6.07, 6.45) is 5.24. The third kappa shape index (κ3) is 2.21. The molecule has 3 heterocycles. The predicted molar refractivity (Wildman–Crippen MR) is 93.0 cm³/mol. The van der Waals surface area contributed by atoms with Crippen LogP contribution >= 0.6 is 11.3 Å². The van der Waals surface area contributed by atoms with Gasteiger partial charge in [0.2, 0.25) is 0 Å². The third-order valence-corrected chi connectivity index (χ3v) is 4.70. The van der Waals surface area contributed by atoms with Crippen LogP contribution in [0.25, 0.3) is 22.1 Å². The van der Waals surface area contributed by atoms with Crippen LogP contribution in [-0.2, 0) is 0 Å². The molecule has 24 heavy (non-hydrogen) atoms. The largest absolute Gasteiger partial charge is 0.493 e. The summed E-state index contributed by atoms with van der Waals surface area (Å²) in [7, 11) is 3.14. The number of rotatable bonds is 3. The van der Waals surface area contributed by atoms with Crippen LogP contribution in [0.4, 0.5) is 0 Å². The lowest BCUT2D eigenvalue weighted by Crippen LogP contribution is -2.22. The number of aromatic nitrogens is 3. The van der Waals surface area contributed by atoms with Gasteiger partial charge in [-0.25, -0.2) is 9.38 Å². The Bertz CT molecular complexity index is 1150. The molecule has 1 aromatic carbocycles. The first kappa shape index (κ1) is 14.6. The lowest BCUT2D eigenvalue weighted by Gasteiger charge is -2.06. The number of fused-ring (bicyclic) bond motifs is 3. The fourth-order valence-corrected chi connectivity index (χ4v) is 3.59. The molecule has 0 amide bonds. The Hall–Kier alpha value is -2.93. The van der Waals surface area contributed by atoms with Crippen molar-refractivity contribution in [2.45, 2.75) is 0 Å². The maximum Gasteiger partial charge on any atom is 0.274 e. The molecule has 7 heteroatoms. The van der Waals surface area contributed by atoms with Crippen LogP contribution in [-0.4, -0.2) is 28.6 Å². The number of pyridine rings is 1. The summed E-state index contributed by atoms with van der Waals surface area (Å²) in [5.74, 6) is 1.15. The van der Waals surface area contributed by atoms with E-state index in [-0.39, 0.29) is 5.56 Å². The standard InChI is InChI=1S/C17H13N3O3S/c1-22-13-7-11-12(8-14(13)23-2)20-16(21)15(24-17(20)19-11)6-10-4-3-5-18-9-10/h3-9H,1-2H3. The number of nitrogens with zero attached hydrogens (tertiary/aromatic N) is 3. The van der Waals surface area contributed by atoms with Gasteiger partial charge in [0.05, 0.1) is 29.8 Å². The molecule has 0 radical (unpaired) electrons. The Morgan fingerprint density at radius 1 is 1.21 bits per heavy atom. The van der Waals surface area contributed by atoms with Gasteiger partial charge in [-0.2, -0.15) is 0 Å². The molecule has 0 saturated carbocycles. The van der Waals surface area contributed by atoms with E-state index in [0.717, 1.165) is 5.56 Å². The van der Waals surface area contributed by atoms with Gasteiger partial charge >= 0.3 is 0 Å². The highest BCUT2D eigenvalue weighted by Gasteiger charge is 2.15. The molecule has 0 aliphatic heterocycles. The lowest BCUT2D eigenvalue weighted by atomic mass is 10.2. The zero-order valence-electron chi connectivity index (χ0n) is 13.0. The summed E-state index contributed by atoms with van der Waals surface area (Å²) in [6, 6.07) is 7.29. The molecule has 3 aromatic heterocycles. The van der Waals surface area contributed by atoms with E-state index in [9.17, 15) is 4.79 Å². The minimum atomic E-state index is -0.103. The molecular formula is C17H13N3O3S. The number of thiazole rings is 1. The molecule has 4 aromatic rings. The highest BCUT2D eigenvalue weighted by atomic mass is 32.1. The molecule has 6 nitrogen and oxygen atoms in total. The molecule has 4 rings (SSSR count). The number of hydrogen-bond acceptors (Lipinski definition) is 6. The van der Waals surface area contributed by atoms with Crippen molar-refractivity contribution in [3.05, 3.63) is 57.1 Å². The third-order valence-electron chi connectivity index (χ3n) is 3.73. The van der Waals surface area contributed by atoms with Crippen molar-refractivity contribution >= 4 is 33.4 Å². The maximum atomic E-state index is 12.8. The van der Waals surface area contributed by atoms with Crippen molar-refractivity contribution < 1.29 is 9.47 Å². The van der Waals surface area contributed by atoms with Crippen molar-refractivity contribution in [1.29, 1.82) is 0 Å². The SMILES string of the molecule is COc1cc2nc3sc(=Cc4cccnc4)c(=O)n3c2cc1OC. The lowest BCUT2D eigenvalue weighted by molar-refractivity contribution is 0.355. The molecule has 0 unspecified atom stereocenters. The minimum Gasteiger partial charge on any atom is -0.493 e. The number of benzene rings is 1. The van der Waals surface area contributed by atoms with Crippen molar-refractivity contribution in [2.24, 2.45) is 0 Å². The van der Waals surface area contributed by atoms with Gasteiger partial charge in [-0.05, 0) is 17.7 Å². The maximum absolute atomic E-state index is 12.8. The average Bonchev–Trinajstić information content (AvgIpc) is 3.10. The second-order valence-corrected chi connectivity index (χ2v) is 6.14. The summed E-state index contributed by atoms with van der Waals surface area (Å²) in [4.78, 5) is 22.0. The first-order chi connectivity index (χ1) is 11.7. The van der Waals surface area contributed by atoms with Crippen molar-refractivity contribution in [2.75, 3.05) is 14.2 Å². The molecule has 0 spiro atoms. The summed E-state index contributed by atoms with van der Waals surface area (Å²) in [6.45, 7) is 0. The van der Waals surface area contributed by atoms with Crippen LogP contribution in [0.5, 0.6) is 11.5 Å². The number of hydrogen-bond donors (Lipinski definition) is 0. The average molecular weight is 339 g/mol. The van der Waals surface area contributed by atoms with Gasteiger partial charge in [0.1, 0.15) is 0 Å². The van der Waals surface area contributed by atoms with E-state index >= 15 is 0 Å². The van der Waals surface area contributed by atoms with Crippen LogP contribution in [0.15, 0.2) is 41.5 Å². The molecule has 0 bridgehead atoms. The van der Waals surface area contributed by atoms with E-state index in [1.165, 1.54) is 11.3 Å². The number of imidazole rings is 1. The first-order valence-electron chi connectivity index (χ1n) is 7.20. The zero-order valence-corrected chi connectivity index (χ0v) is 13.8. The van der Waals surface area contributed by atoms with Gasteiger partial charge in [-0.1, -0.05) is 17.4 Å². The highest BCUT2D eigenvalue weighted by molar-refractivity contribution is 7.15. The van der Waals surface area contributed by atoms with E-state index in [1.807, 2.05) is 18.2 Å². The highest BCUT2D eigenvalue weighted by Crippen LogP contribution is 2.32. The van der Waals surface area contributed by atoms with Crippen molar-refractivity contribution in [1.82, 2.24) is 14.4 Å². The normalized spacial score (nSPS) is 12.2. The Morgan fingerprint density at radius 2 is 2.00 bits per heavy atom. The molecule has 0 saturated heterocycles. The Balaban J connectivity index is 2.00. The Labute approximate surface area is 140 Å². The second kappa shape index (κ2) is 5.61. The summed E-state index contributed by atoms with van der Waals surface area (Å²) < 4.78 is 12.8. The van der Waals surface area contributed by atoms with Gasteiger partial charge in [-0.3, -0.25) is 9.78 Å². The van der Waals surface area contributed by atoms with E-state index < -0.39 is 0 Å². The summed E-state index contributed by atoms with van der Waals surface area (Å²) >= 11 is 1.35. The molecule has 120 valence electrons. The zero-order chi connectivity index (χ0) is 16.7. The Morgan fingerprint density at radius 3 is 2.71 bits per heavy atom. The molecule has 0 atom stereocenters. The van der Waals surface area contributed by atoms with E-state index in [4.69, 9.17) is 9.47 Å². The van der Waals surface area contributed by atoms with E-state index in [2.05, 4.69) is 9.97 Å². The van der Waals surface area contributed by atoms with Crippen LogP contribution in [0.3, 0.4) is 0 Å². The first-order valence-corrected chi connectivity index (χ1v) is 8.01. The molecule has 0 aliphatic carbocycles. The second-order valence-electron chi connectivity index (χ2n) is 5.13. The van der Waals surface area contributed by atoms with Gasteiger partial charge < -0.3 is 9.47 Å².